The number of rotatable bonds is 7. The predicted octanol–water partition coefficient (Wildman–Crippen LogP) is 3.78. The SMILES string of the molecule is O=C(Nc1ccc(C(=O)Nc2ccc(S(=O)(=O)Nc3ncccn3)cc2)cc1)c1ccccc1. The maximum absolute atomic E-state index is 12.5. The van der Waals surface area contributed by atoms with E-state index in [4.69, 9.17) is 0 Å². The van der Waals surface area contributed by atoms with Gasteiger partial charge in [-0.25, -0.2) is 23.1 Å². The molecule has 0 aliphatic carbocycles. The zero-order valence-electron chi connectivity index (χ0n) is 17.7. The Morgan fingerprint density at radius 2 is 1.12 bits per heavy atom. The van der Waals surface area contributed by atoms with Gasteiger partial charge in [0.1, 0.15) is 0 Å². The van der Waals surface area contributed by atoms with Gasteiger partial charge in [0.2, 0.25) is 5.95 Å². The fourth-order valence-corrected chi connectivity index (χ4v) is 3.91. The number of hydrogen-bond donors (Lipinski definition) is 3. The Labute approximate surface area is 196 Å². The number of aromatic nitrogens is 2. The molecule has 9 nitrogen and oxygen atoms in total. The van der Waals surface area contributed by atoms with Crippen LogP contribution in [0.3, 0.4) is 0 Å². The molecule has 0 saturated carbocycles. The summed E-state index contributed by atoms with van der Waals surface area (Å²) >= 11 is 0. The van der Waals surface area contributed by atoms with Gasteiger partial charge < -0.3 is 10.6 Å². The minimum Gasteiger partial charge on any atom is -0.322 e. The molecule has 3 N–H and O–H groups in total. The fraction of sp³-hybridized carbons (Fsp3) is 0. The summed E-state index contributed by atoms with van der Waals surface area (Å²) in [5.74, 6) is -0.670. The molecule has 2 amide bonds. The summed E-state index contributed by atoms with van der Waals surface area (Å²) in [5.41, 5.74) is 1.87. The van der Waals surface area contributed by atoms with E-state index in [1.54, 1.807) is 54.6 Å². The minimum atomic E-state index is -3.87. The lowest BCUT2D eigenvalue weighted by Gasteiger charge is -2.09. The van der Waals surface area contributed by atoms with Crippen LogP contribution in [0.25, 0.3) is 0 Å². The lowest BCUT2D eigenvalue weighted by molar-refractivity contribution is 0.102. The summed E-state index contributed by atoms with van der Waals surface area (Å²) in [6.45, 7) is 0. The van der Waals surface area contributed by atoms with Gasteiger partial charge in [-0.05, 0) is 66.7 Å². The largest absolute Gasteiger partial charge is 0.322 e. The van der Waals surface area contributed by atoms with E-state index in [2.05, 4.69) is 25.3 Å². The number of carbonyl (C=O) groups is 2. The highest BCUT2D eigenvalue weighted by Crippen LogP contribution is 2.18. The summed E-state index contributed by atoms with van der Waals surface area (Å²) < 4.78 is 27.2. The first-order valence-electron chi connectivity index (χ1n) is 10.1. The third-order valence-corrected chi connectivity index (χ3v) is 6.00. The number of carbonyl (C=O) groups excluding carboxylic acids is 2. The zero-order chi connectivity index (χ0) is 24.0. The Morgan fingerprint density at radius 1 is 0.618 bits per heavy atom. The third-order valence-electron chi connectivity index (χ3n) is 4.65. The Hall–Kier alpha value is -4.57. The van der Waals surface area contributed by atoms with Crippen LogP contribution in [-0.2, 0) is 10.0 Å². The van der Waals surface area contributed by atoms with E-state index >= 15 is 0 Å². The molecule has 170 valence electrons. The van der Waals surface area contributed by atoms with Gasteiger partial charge >= 0.3 is 0 Å². The Balaban J connectivity index is 1.37. The number of anilines is 3. The second-order valence-electron chi connectivity index (χ2n) is 7.05. The van der Waals surface area contributed by atoms with E-state index in [-0.39, 0.29) is 22.7 Å². The molecule has 0 radical (unpaired) electrons. The Bertz CT molecular complexity index is 1390. The maximum Gasteiger partial charge on any atom is 0.264 e. The molecule has 0 bridgehead atoms. The number of amides is 2. The number of hydrogen-bond acceptors (Lipinski definition) is 6. The van der Waals surface area contributed by atoms with Crippen molar-refractivity contribution in [3.8, 4) is 0 Å². The number of nitrogens with one attached hydrogen (secondary N) is 3. The minimum absolute atomic E-state index is 0.00328. The number of sulfonamides is 1. The van der Waals surface area contributed by atoms with Crippen LogP contribution in [0.15, 0.2) is 102 Å². The molecule has 4 aromatic rings. The summed E-state index contributed by atoms with van der Waals surface area (Å²) in [4.78, 5) is 32.4. The molecule has 0 aliphatic rings. The van der Waals surface area contributed by atoms with Gasteiger partial charge in [0.25, 0.3) is 21.8 Å². The topological polar surface area (TPSA) is 130 Å². The van der Waals surface area contributed by atoms with Gasteiger partial charge in [0.15, 0.2) is 0 Å². The van der Waals surface area contributed by atoms with E-state index in [0.717, 1.165) is 0 Å². The van der Waals surface area contributed by atoms with E-state index in [9.17, 15) is 18.0 Å². The zero-order valence-corrected chi connectivity index (χ0v) is 18.5. The number of nitrogens with zero attached hydrogens (tertiary/aromatic N) is 2. The van der Waals surface area contributed by atoms with Crippen LogP contribution in [0.1, 0.15) is 20.7 Å². The molecule has 0 spiro atoms. The summed E-state index contributed by atoms with van der Waals surface area (Å²) in [7, 11) is -3.87. The molecular formula is C24H19N5O4S. The van der Waals surface area contributed by atoms with Crippen molar-refractivity contribution < 1.29 is 18.0 Å². The molecule has 0 aliphatic heterocycles. The summed E-state index contributed by atoms with van der Waals surface area (Å²) in [6, 6.07) is 22.5. The van der Waals surface area contributed by atoms with Gasteiger partial charge in [-0.15, -0.1) is 0 Å². The van der Waals surface area contributed by atoms with Gasteiger partial charge in [-0.2, -0.15) is 0 Å². The molecule has 0 atom stereocenters. The standard InChI is InChI=1S/C24H19N5O4S/c30-22(17-5-2-1-3-6-17)27-19-9-7-18(8-10-19)23(31)28-20-11-13-21(14-12-20)34(32,33)29-24-25-15-4-16-26-24/h1-16H,(H,27,30)(H,28,31)(H,25,26,29). The van der Waals surface area contributed by atoms with Crippen molar-refractivity contribution in [2.24, 2.45) is 0 Å². The molecule has 1 heterocycles. The van der Waals surface area contributed by atoms with Crippen LogP contribution >= 0.6 is 0 Å². The van der Waals surface area contributed by atoms with E-state index in [0.29, 0.717) is 22.5 Å². The molecule has 0 unspecified atom stereocenters. The fourth-order valence-electron chi connectivity index (χ4n) is 2.95. The second-order valence-corrected chi connectivity index (χ2v) is 8.74. The van der Waals surface area contributed by atoms with E-state index in [1.807, 2.05) is 6.07 Å². The van der Waals surface area contributed by atoms with E-state index < -0.39 is 10.0 Å². The van der Waals surface area contributed by atoms with Crippen molar-refractivity contribution in [1.82, 2.24) is 9.97 Å². The van der Waals surface area contributed by atoms with Gasteiger partial charge in [-0.1, -0.05) is 18.2 Å². The molecule has 34 heavy (non-hydrogen) atoms. The van der Waals surface area contributed by atoms with Gasteiger partial charge in [0, 0.05) is 34.9 Å². The van der Waals surface area contributed by atoms with Gasteiger partial charge in [-0.3, -0.25) is 9.59 Å². The number of benzene rings is 3. The normalized spacial score (nSPS) is 10.8. The molecule has 4 rings (SSSR count). The van der Waals surface area contributed by atoms with Crippen LogP contribution in [0, 0.1) is 0 Å². The summed E-state index contributed by atoms with van der Waals surface area (Å²) in [6.07, 6.45) is 2.85. The quantitative estimate of drug-likeness (QED) is 0.374. The van der Waals surface area contributed by atoms with E-state index in [1.165, 1.54) is 36.7 Å². The molecule has 0 fully saturated rings. The smallest absolute Gasteiger partial charge is 0.264 e. The highest BCUT2D eigenvalue weighted by molar-refractivity contribution is 7.92. The highest BCUT2D eigenvalue weighted by atomic mass is 32.2. The van der Waals surface area contributed by atoms with Crippen molar-refractivity contribution in [1.29, 1.82) is 0 Å². The van der Waals surface area contributed by atoms with Crippen molar-refractivity contribution in [2.45, 2.75) is 4.90 Å². The lowest BCUT2D eigenvalue weighted by atomic mass is 10.1. The first kappa shape index (κ1) is 22.6. The second kappa shape index (κ2) is 9.92. The molecule has 3 aromatic carbocycles. The first-order chi connectivity index (χ1) is 16.4. The third kappa shape index (κ3) is 5.61. The van der Waals surface area contributed by atoms with Crippen molar-refractivity contribution in [3.05, 3.63) is 108 Å². The monoisotopic (exact) mass is 473 g/mol. The van der Waals surface area contributed by atoms with Crippen LogP contribution in [0.2, 0.25) is 0 Å². The molecule has 10 heteroatoms. The molecule has 0 saturated heterocycles. The van der Waals surface area contributed by atoms with Crippen molar-refractivity contribution >= 4 is 39.2 Å². The average Bonchev–Trinajstić information content (AvgIpc) is 2.85. The van der Waals surface area contributed by atoms with Crippen LogP contribution in [0.5, 0.6) is 0 Å². The van der Waals surface area contributed by atoms with Crippen molar-refractivity contribution in [2.75, 3.05) is 15.4 Å². The summed E-state index contributed by atoms with van der Waals surface area (Å²) in [5, 5.41) is 5.48. The van der Waals surface area contributed by atoms with Crippen LogP contribution in [-0.4, -0.2) is 30.2 Å². The van der Waals surface area contributed by atoms with Crippen LogP contribution in [0.4, 0.5) is 17.3 Å². The van der Waals surface area contributed by atoms with Crippen molar-refractivity contribution in [3.63, 3.8) is 0 Å². The Kier molecular flexibility index (Phi) is 6.60. The average molecular weight is 474 g/mol. The molecule has 1 aromatic heterocycles. The van der Waals surface area contributed by atoms with Crippen LogP contribution < -0.4 is 15.4 Å². The maximum atomic E-state index is 12.5. The highest BCUT2D eigenvalue weighted by Gasteiger charge is 2.16. The molecular weight excluding hydrogens is 454 g/mol. The Morgan fingerprint density at radius 3 is 1.68 bits per heavy atom. The first-order valence-corrected chi connectivity index (χ1v) is 11.6. The lowest BCUT2D eigenvalue weighted by Crippen LogP contribution is -2.15. The predicted molar refractivity (Wildman–Crippen MR) is 128 cm³/mol. The van der Waals surface area contributed by atoms with Gasteiger partial charge in [0.05, 0.1) is 4.90 Å².